The van der Waals surface area contributed by atoms with Crippen LogP contribution in [0.2, 0.25) is 0 Å². The Morgan fingerprint density at radius 3 is 1.72 bits per heavy atom. The zero-order valence-electron chi connectivity index (χ0n) is 12.6. The minimum atomic E-state index is 1.12. The van der Waals surface area contributed by atoms with Gasteiger partial charge in [-0.05, 0) is 24.2 Å². The van der Waals surface area contributed by atoms with E-state index in [0.717, 1.165) is 17.8 Å². The molecule has 0 aromatic heterocycles. The van der Waals surface area contributed by atoms with Gasteiger partial charge in [0.2, 0.25) is 0 Å². The molecule has 2 fully saturated rings. The van der Waals surface area contributed by atoms with Gasteiger partial charge in [-0.15, -0.1) is 0 Å². The molecule has 0 nitrogen and oxygen atoms in total. The molecular weight excluding hydrogens is 216 g/mol. The summed E-state index contributed by atoms with van der Waals surface area (Å²) in [5.74, 6) is 3.37. The monoisotopic (exact) mass is 250 g/mol. The van der Waals surface area contributed by atoms with Crippen LogP contribution in [0.3, 0.4) is 0 Å². The van der Waals surface area contributed by atoms with Gasteiger partial charge in [0.25, 0.3) is 0 Å². The fourth-order valence-corrected chi connectivity index (χ4v) is 4.61. The lowest BCUT2D eigenvalue weighted by atomic mass is 9.76. The summed E-state index contributed by atoms with van der Waals surface area (Å²) in [6, 6.07) is 0. The maximum Gasteiger partial charge on any atom is -0.0357 e. The maximum absolute atomic E-state index is 2.32. The van der Waals surface area contributed by atoms with Crippen molar-refractivity contribution in [3.05, 3.63) is 0 Å². The average Bonchev–Trinajstić information content (AvgIpc) is 3.06. The summed E-state index contributed by atoms with van der Waals surface area (Å²) in [5.41, 5.74) is 0. The van der Waals surface area contributed by atoms with Gasteiger partial charge in [0.1, 0.15) is 0 Å². The van der Waals surface area contributed by atoms with Gasteiger partial charge in [-0.2, -0.15) is 0 Å². The lowest BCUT2D eigenvalue weighted by molar-refractivity contribution is 0.210. The Balaban J connectivity index is 1.73. The van der Waals surface area contributed by atoms with Gasteiger partial charge >= 0.3 is 0 Å². The Labute approximate surface area is 115 Å². The van der Waals surface area contributed by atoms with Crippen molar-refractivity contribution in [3.8, 4) is 0 Å². The first-order valence-corrected chi connectivity index (χ1v) is 8.92. The SMILES string of the molecule is CCCCCCCC(C1CCCC1)C1CCCC1. The molecule has 0 heterocycles. The number of unbranched alkanes of at least 4 members (excludes halogenated alkanes) is 4. The molecule has 0 atom stereocenters. The van der Waals surface area contributed by atoms with Crippen molar-refractivity contribution in [2.45, 2.75) is 96.8 Å². The summed E-state index contributed by atoms with van der Waals surface area (Å²) >= 11 is 0. The molecule has 0 amide bonds. The molecule has 0 heteroatoms. The molecule has 0 aliphatic heterocycles. The van der Waals surface area contributed by atoms with E-state index >= 15 is 0 Å². The molecule has 106 valence electrons. The van der Waals surface area contributed by atoms with Crippen LogP contribution in [0.1, 0.15) is 96.8 Å². The van der Waals surface area contributed by atoms with E-state index in [1.165, 1.54) is 57.8 Å². The van der Waals surface area contributed by atoms with Gasteiger partial charge in [0.05, 0.1) is 0 Å². The topological polar surface area (TPSA) is 0 Å². The lowest BCUT2D eigenvalue weighted by Gasteiger charge is -2.29. The second kappa shape index (κ2) is 8.23. The molecule has 2 rings (SSSR count). The van der Waals surface area contributed by atoms with Crippen molar-refractivity contribution in [1.82, 2.24) is 0 Å². The van der Waals surface area contributed by atoms with Crippen LogP contribution in [0, 0.1) is 17.8 Å². The molecule has 0 saturated heterocycles. The quantitative estimate of drug-likeness (QED) is 0.441. The molecule has 18 heavy (non-hydrogen) atoms. The summed E-state index contributed by atoms with van der Waals surface area (Å²) in [4.78, 5) is 0. The van der Waals surface area contributed by atoms with Crippen LogP contribution in [0.5, 0.6) is 0 Å². The predicted octanol–water partition coefficient (Wildman–Crippen LogP) is 6.34. The molecule has 2 aliphatic rings. The molecule has 0 spiro atoms. The van der Waals surface area contributed by atoms with Crippen LogP contribution in [0.25, 0.3) is 0 Å². The van der Waals surface area contributed by atoms with Gasteiger partial charge in [-0.25, -0.2) is 0 Å². The van der Waals surface area contributed by atoms with Gasteiger partial charge in [-0.3, -0.25) is 0 Å². The summed E-state index contributed by atoms with van der Waals surface area (Å²) in [7, 11) is 0. The minimum Gasteiger partial charge on any atom is -0.0654 e. The Kier molecular flexibility index (Phi) is 6.59. The Morgan fingerprint density at radius 2 is 1.22 bits per heavy atom. The van der Waals surface area contributed by atoms with E-state index in [1.54, 1.807) is 32.1 Å². The molecule has 2 saturated carbocycles. The Morgan fingerprint density at radius 1 is 0.722 bits per heavy atom. The Hall–Kier alpha value is 0. The van der Waals surface area contributed by atoms with Gasteiger partial charge in [-0.1, -0.05) is 90.4 Å². The zero-order chi connectivity index (χ0) is 12.6. The molecule has 2 aliphatic carbocycles. The molecule has 0 aromatic carbocycles. The van der Waals surface area contributed by atoms with Crippen molar-refractivity contribution in [2.24, 2.45) is 17.8 Å². The van der Waals surface area contributed by atoms with Crippen LogP contribution in [0.4, 0.5) is 0 Å². The van der Waals surface area contributed by atoms with Crippen LogP contribution in [-0.2, 0) is 0 Å². The highest BCUT2D eigenvalue weighted by molar-refractivity contribution is 4.83. The summed E-state index contributed by atoms with van der Waals surface area (Å²) in [5, 5.41) is 0. The number of rotatable bonds is 8. The summed E-state index contributed by atoms with van der Waals surface area (Å²) < 4.78 is 0. The highest BCUT2D eigenvalue weighted by Gasteiger charge is 2.32. The third kappa shape index (κ3) is 4.28. The third-order valence-electron chi connectivity index (χ3n) is 5.65. The van der Waals surface area contributed by atoms with Crippen LogP contribution in [-0.4, -0.2) is 0 Å². The van der Waals surface area contributed by atoms with Crippen molar-refractivity contribution in [2.75, 3.05) is 0 Å². The highest BCUT2D eigenvalue weighted by Crippen LogP contribution is 2.43. The van der Waals surface area contributed by atoms with E-state index in [1.807, 2.05) is 0 Å². The van der Waals surface area contributed by atoms with Gasteiger partial charge in [0.15, 0.2) is 0 Å². The molecular formula is C18H34. The highest BCUT2D eigenvalue weighted by atomic mass is 14.4. The standard InChI is InChI=1S/C18H34/c1-2-3-4-5-6-15-18(16-11-7-8-12-16)17-13-9-10-14-17/h16-18H,2-15H2,1H3. The smallest absolute Gasteiger partial charge is 0.0357 e. The number of hydrogen-bond donors (Lipinski definition) is 0. The second-order valence-corrected chi connectivity index (χ2v) is 6.96. The van der Waals surface area contributed by atoms with E-state index < -0.39 is 0 Å². The van der Waals surface area contributed by atoms with E-state index in [9.17, 15) is 0 Å². The first-order chi connectivity index (χ1) is 8.92. The second-order valence-electron chi connectivity index (χ2n) is 6.96. The third-order valence-corrected chi connectivity index (χ3v) is 5.65. The molecule has 0 unspecified atom stereocenters. The van der Waals surface area contributed by atoms with Crippen LogP contribution < -0.4 is 0 Å². The first kappa shape index (κ1) is 14.4. The average molecular weight is 250 g/mol. The Bertz CT molecular complexity index is 180. The fraction of sp³-hybridized carbons (Fsp3) is 1.00. The summed E-state index contributed by atoms with van der Waals surface area (Å²) in [6.07, 6.45) is 21.3. The molecule has 0 N–H and O–H groups in total. The van der Waals surface area contributed by atoms with E-state index in [4.69, 9.17) is 0 Å². The van der Waals surface area contributed by atoms with Crippen molar-refractivity contribution in [1.29, 1.82) is 0 Å². The number of hydrogen-bond acceptors (Lipinski definition) is 0. The normalized spacial score (nSPS) is 22.3. The van der Waals surface area contributed by atoms with E-state index in [2.05, 4.69) is 6.92 Å². The first-order valence-electron chi connectivity index (χ1n) is 8.92. The van der Waals surface area contributed by atoms with Crippen molar-refractivity contribution >= 4 is 0 Å². The minimum absolute atomic E-state index is 1.12. The summed E-state index contributed by atoms with van der Waals surface area (Å²) in [6.45, 7) is 2.32. The zero-order valence-corrected chi connectivity index (χ0v) is 12.6. The van der Waals surface area contributed by atoms with Crippen molar-refractivity contribution in [3.63, 3.8) is 0 Å². The van der Waals surface area contributed by atoms with Crippen molar-refractivity contribution < 1.29 is 0 Å². The van der Waals surface area contributed by atoms with E-state index in [0.29, 0.717) is 0 Å². The van der Waals surface area contributed by atoms with E-state index in [-0.39, 0.29) is 0 Å². The van der Waals surface area contributed by atoms with Crippen LogP contribution in [0.15, 0.2) is 0 Å². The molecule has 0 radical (unpaired) electrons. The molecule has 0 bridgehead atoms. The van der Waals surface area contributed by atoms with Gasteiger partial charge < -0.3 is 0 Å². The maximum atomic E-state index is 2.32. The largest absolute Gasteiger partial charge is 0.0654 e. The lowest BCUT2D eigenvalue weighted by Crippen LogP contribution is -2.20. The van der Waals surface area contributed by atoms with Gasteiger partial charge in [0, 0.05) is 0 Å². The predicted molar refractivity (Wildman–Crippen MR) is 80.8 cm³/mol. The fourth-order valence-electron chi connectivity index (χ4n) is 4.61. The van der Waals surface area contributed by atoms with Crippen LogP contribution >= 0.6 is 0 Å². The molecule has 0 aromatic rings.